The van der Waals surface area contributed by atoms with Crippen molar-refractivity contribution >= 4 is 0 Å². The molecule has 2 unspecified atom stereocenters. The average molecular weight is 261 g/mol. The number of nitrogens with one attached hydrogen (secondary N) is 1. The Hall–Kier alpha value is -0.900. The molecule has 1 heterocycles. The van der Waals surface area contributed by atoms with Gasteiger partial charge in [-0.25, -0.2) is 0 Å². The first-order valence-corrected chi connectivity index (χ1v) is 7.31. The largest absolute Gasteiger partial charge is 0.386 e. The normalized spacial score (nSPS) is 30.7. The third-order valence-electron chi connectivity index (χ3n) is 4.45. The van der Waals surface area contributed by atoms with E-state index in [1.54, 1.807) is 0 Å². The van der Waals surface area contributed by atoms with Crippen LogP contribution >= 0.6 is 0 Å². The molecule has 3 heteroatoms. The predicted octanol–water partition coefficient (Wildman–Crippen LogP) is 2.19. The van der Waals surface area contributed by atoms with Crippen LogP contribution in [0.25, 0.3) is 0 Å². The number of hydrogen-bond donors (Lipinski definition) is 2. The maximum atomic E-state index is 10.4. The van der Waals surface area contributed by atoms with Crippen molar-refractivity contribution in [2.45, 2.75) is 50.4 Å². The molecule has 0 bridgehead atoms. The Labute approximate surface area is 115 Å². The van der Waals surface area contributed by atoms with Crippen LogP contribution in [-0.2, 0) is 11.3 Å². The Balaban J connectivity index is 1.49. The van der Waals surface area contributed by atoms with Crippen LogP contribution in [0.15, 0.2) is 24.3 Å². The summed E-state index contributed by atoms with van der Waals surface area (Å²) in [5.41, 5.74) is 2.05. The monoisotopic (exact) mass is 261 g/mol. The summed E-state index contributed by atoms with van der Waals surface area (Å²) in [5.74, 6) is 0.819. The number of rotatable bonds is 5. The van der Waals surface area contributed by atoms with E-state index in [9.17, 15) is 5.11 Å². The smallest absolute Gasteiger partial charge is 0.105 e. The highest BCUT2D eigenvalue weighted by atomic mass is 16.5. The van der Waals surface area contributed by atoms with Crippen LogP contribution in [0.1, 0.15) is 43.2 Å². The minimum absolute atomic E-state index is 0.0720. The Morgan fingerprint density at radius 1 is 1.32 bits per heavy atom. The third kappa shape index (κ3) is 2.99. The molecular weight excluding hydrogens is 238 g/mol. The maximum absolute atomic E-state index is 10.4. The molecule has 1 aromatic carbocycles. The van der Waals surface area contributed by atoms with Gasteiger partial charge in [-0.05, 0) is 36.8 Å². The topological polar surface area (TPSA) is 41.5 Å². The summed E-state index contributed by atoms with van der Waals surface area (Å²) in [6.45, 7) is 4.01. The Morgan fingerprint density at radius 2 is 2.05 bits per heavy atom. The van der Waals surface area contributed by atoms with E-state index in [1.165, 1.54) is 24.0 Å². The minimum atomic E-state index is -0.700. The van der Waals surface area contributed by atoms with Crippen molar-refractivity contribution in [1.29, 1.82) is 0 Å². The fourth-order valence-corrected chi connectivity index (χ4v) is 2.75. The molecule has 1 aliphatic heterocycles. The second kappa shape index (κ2) is 5.23. The van der Waals surface area contributed by atoms with Gasteiger partial charge >= 0.3 is 0 Å². The van der Waals surface area contributed by atoms with Crippen LogP contribution in [0.3, 0.4) is 0 Å². The Bertz CT molecular complexity index is 427. The van der Waals surface area contributed by atoms with E-state index in [0.29, 0.717) is 13.2 Å². The lowest BCUT2D eigenvalue weighted by Crippen LogP contribution is -2.45. The van der Waals surface area contributed by atoms with Crippen LogP contribution in [-0.4, -0.2) is 30.0 Å². The summed E-state index contributed by atoms with van der Waals surface area (Å²) in [7, 11) is 0. The van der Waals surface area contributed by atoms with Gasteiger partial charge in [0.05, 0.1) is 6.10 Å². The van der Waals surface area contributed by atoms with E-state index < -0.39 is 5.60 Å². The van der Waals surface area contributed by atoms with E-state index in [4.69, 9.17) is 4.74 Å². The average Bonchev–Trinajstić information content (AvgIpc) is 3.19. The first kappa shape index (κ1) is 13.1. The van der Waals surface area contributed by atoms with E-state index in [0.717, 1.165) is 18.9 Å². The van der Waals surface area contributed by atoms with Crippen molar-refractivity contribution < 1.29 is 9.84 Å². The van der Waals surface area contributed by atoms with Crippen molar-refractivity contribution in [1.82, 2.24) is 5.32 Å². The molecule has 104 valence electrons. The van der Waals surface area contributed by atoms with Crippen LogP contribution < -0.4 is 5.32 Å². The number of aliphatic hydroxyl groups is 1. The number of ether oxygens (including phenoxy) is 1. The molecule has 1 saturated carbocycles. The van der Waals surface area contributed by atoms with Gasteiger partial charge in [0.25, 0.3) is 0 Å². The summed E-state index contributed by atoms with van der Waals surface area (Å²) in [4.78, 5) is 0. The highest BCUT2D eigenvalue weighted by Crippen LogP contribution is 2.39. The van der Waals surface area contributed by atoms with Crippen LogP contribution in [0.2, 0.25) is 0 Å². The van der Waals surface area contributed by atoms with Gasteiger partial charge in [0.2, 0.25) is 0 Å². The van der Waals surface area contributed by atoms with Crippen molar-refractivity contribution in [3.05, 3.63) is 35.4 Å². The van der Waals surface area contributed by atoms with Gasteiger partial charge in [0.15, 0.2) is 0 Å². The summed E-state index contributed by atoms with van der Waals surface area (Å²) in [5, 5.41) is 13.7. The minimum Gasteiger partial charge on any atom is -0.386 e. The zero-order valence-corrected chi connectivity index (χ0v) is 11.6. The van der Waals surface area contributed by atoms with Gasteiger partial charge in [-0.1, -0.05) is 24.3 Å². The van der Waals surface area contributed by atoms with Crippen LogP contribution in [0, 0.1) is 0 Å². The SMILES string of the molecule is CC1OCCC1(O)CNCc1ccc(C2CC2)cc1. The lowest BCUT2D eigenvalue weighted by molar-refractivity contribution is -0.0262. The zero-order chi connectivity index (χ0) is 13.3. The summed E-state index contributed by atoms with van der Waals surface area (Å²) in [6.07, 6.45) is 3.35. The molecule has 0 spiro atoms. The summed E-state index contributed by atoms with van der Waals surface area (Å²) in [6, 6.07) is 8.87. The molecule has 3 nitrogen and oxygen atoms in total. The predicted molar refractivity (Wildman–Crippen MR) is 75.1 cm³/mol. The molecule has 2 atom stereocenters. The maximum Gasteiger partial charge on any atom is 0.105 e. The molecule has 0 amide bonds. The van der Waals surface area contributed by atoms with Crippen molar-refractivity contribution in [3.63, 3.8) is 0 Å². The van der Waals surface area contributed by atoms with E-state index in [2.05, 4.69) is 29.6 Å². The van der Waals surface area contributed by atoms with Gasteiger partial charge in [0, 0.05) is 26.1 Å². The molecule has 0 radical (unpaired) electrons. The van der Waals surface area contributed by atoms with Crippen molar-refractivity contribution in [2.75, 3.05) is 13.2 Å². The third-order valence-corrected chi connectivity index (χ3v) is 4.45. The number of benzene rings is 1. The summed E-state index contributed by atoms with van der Waals surface area (Å²) < 4.78 is 5.43. The fraction of sp³-hybridized carbons (Fsp3) is 0.625. The highest BCUT2D eigenvalue weighted by molar-refractivity contribution is 5.28. The van der Waals surface area contributed by atoms with E-state index in [1.807, 2.05) is 6.92 Å². The first-order valence-electron chi connectivity index (χ1n) is 7.31. The Kier molecular flexibility index (Phi) is 3.61. The lowest BCUT2D eigenvalue weighted by Gasteiger charge is -2.26. The zero-order valence-electron chi connectivity index (χ0n) is 11.6. The molecule has 2 aliphatic rings. The molecule has 0 aromatic heterocycles. The first-order chi connectivity index (χ1) is 9.17. The molecular formula is C16H23NO2. The summed E-state index contributed by atoms with van der Waals surface area (Å²) >= 11 is 0. The molecule has 2 fully saturated rings. The quantitative estimate of drug-likeness (QED) is 0.853. The lowest BCUT2D eigenvalue weighted by atomic mass is 9.96. The van der Waals surface area contributed by atoms with Crippen LogP contribution in [0.5, 0.6) is 0 Å². The van der Waals surface area contributed by atoms with Gasteiger partial charge in [-0.15, -0.1) is 0 Å². The molecule has 1 aromatic rings. The van der Waals surface area contributed by atoms with Crippen LogP contribution in [0.4, 0.5) is 0 Å². The molecule has 2 N–H and O–H groups in total. The Morgan fingerprint density at radius 3 is 2.63 bits per heavy atom. The molecule has 3 rings (SSSR count). The second-order valence-electron chi connectivity index (χ2n) is 5.99. The second-order valence-corrected chi connectivity index (χ2v) is 5.99. The van der Waals surface area contributed by atoms with Crippen molar-refractivity contribution in [3.8, 4) is 0 Å². The van der Waals surface area contributed by atoms with E-state index in [-0.39, 0.29) is 6.10 Å². The van der Waals surface area contributed by atoms with Gasteiger partial charge in [0.1, 0.15) is 5.60 Å². The standard InChI is InChI=1S/C16H23NO2/c1-12-16(18,8-9-19-12)11-17-10-13-2-4-14(5-3-13)15-6-7-15/h2-5,12,15,17-18H,6-11H2,1H3. The van der Waals surface area contributed by atoms with E-state index >= 15 is 0 Å². The fourth-order valence-electron chi connectivity index (χ4n) is 2.75. The molecule has 1 saturated heterocycles. The highest BCUT2D eigenvalue weighted by Gasteiger charge is 2.38. The van der Waals surface area contributed by atoms with Crippen molar-refractivity contribution in [2.24, 2.45) is 0 Å². The molecule has 19 heavy (non-hydrogen) atoms. The van der Waals surface area contributed by atoms with Gasteiger partial charge in [-0.2, -0.15) is 0 Å². The van der Waals surface area contributed by atoms with Gasteiger partial charge in [-0.3, -0.25) is 0 Å². The molecule has 1 aliphatic carbocycles. The number of hydrogen-bond acceptors (Lipinski definition) is 3. The van der Waals surface area contributed by atoms with Gasteiger partial charge < -0.3 is 15.2 Å².